The van der Waals surface area contributed by atoms with Crippen molar-refractivity contribution < 1.29 is 14.3 Å². The molecule has 1 heterocycles. The highest BCUT2D eigenvalue weighted by Gasteiger charge is 2.15. The molecule has 0 radical (unpaired) electrons. The van der Waals surface area contributed by atoms with Gasteiger partial charge in [-0.15, -0.1) is 0 Å². The van der Waals surface area contributed by atoms with Crippen LogP contribution in [-0.2, 0) is 16.1 Å². The molecule has 3 rings (SSSR count). The van der Waals surface area contributed by atoms with E-state index in [1.54, 1.807) is 13.8 Å². The van der Waals surface area contributed by atoms with Crippen LogP contribution in [0.5, 0.6) is 0 Å². The molecule has 3 aromatic rings. The summed E-state index contributed by atoms with van der Waals surface area (Å²) in [5.41, 5.74) is 2.78. The molecule has 1 N–H and O–H groups in total. The van der Waals surface area contributed by atoms with Crippen LogP contribution in [0.3, 0.4) is 0 Å². The fourth-order valence-corrected chi connectivity index (χ4v) is 3.03. The second-order valence-corrected chi connectivity index (χ2v) is 6.72. The minimum atomic E-state index is -0.309. The van der Waals surface area contributed by atoms with Gasteiger partial charge in [0.1, 0.15) is 0 Å². The predicted octanol–water partition coefficient (Wildman–Crippen LogP) is 3.76. The van der Waals surface area contributed by atoms with Gasteiger partial charge in [-0.25, -0.2) is 0 Å². The zero-order valence-electron chi connectivity index (χ0n) is 15.6. The number of carbonyl (C=O) groups is 2. The summed E-state index contributed by atoms with van der Waals surface area (Å²) in [7, 11) is 0. The SMILES string of the molecule is CC(C)OC(=O)CCNC(=O)c1cn(Cc2ccccc2)c2ccccc12. The van der Waals surface area contributed by atoms with Gasteiger partial charge in [0.2, 0.25) is 0 Å². The molecule has 0 saturated carbocycles. The van der Waals surface area contributed by atoms with Crippen LogP contribution in [0.1, 0.15) is 36.2 Å². The molecule has 0 bridgehead atoms. The maximum absolute atomic E-state index is 12.7. The van der Waals surface area contributed by atoms with Gasteiger partial charge in [0.15, 0.2) is 0 Å². The zero-order chi connectivity index (χ0) is 19.2. The van der Waals surface area contributed by atoms with E-state index in [1.165, 1.54) is 5.56 Å². The van der Waals surface area contributed by atoms with Gasteiger partial charge < -0.3 is 14.6 Å². The number of para-hydroxylation sites is 1. The molecule has 0 unspecified atom stereocenters. The molecule has 2 aromatic carbocycles. The van der Waals surface area contributed by atoms with Crippen LogP contribution in [-0.4, -0.2) is 29.1 Å². The summed E-state index contributed by atoms with van der Waals surface area (Å²) in [6.45, 7) is 4.55. The Kier molecular flexibility index (Phi) is 5.91. The van der Waals surface area contributed by atoms with Crippen molar-refractivity contribution in [1.82, 2.24) is 9.88 Å². The predicted molar refractivity (Wildman–Crippen MR) is 106 cm³/mol. The molecule has 0 atom stereocenters. The molecule has 0 spiro atoms. The van der Waals surface area contributed by atoms with E-state index >= 15 is 0 Å². The molecule has 0 aliphatic heterocycles. The van der Waals surface area contributed by atoms with Gasteiger partial charge in [-0.3, -0.25) is 9.59 Å². The van der Waals surface area contributed by atoms with Crippen LogP contribution in [0.4, 0.5) is 0 Å². The van der Waals surface area contributed by atoms with Crippen LogP contribution in [0.25, 0.3) is 10.9 Å². The summed E-state index contributed by atoms with van der Waals surface area (Å²) < 4.78 is 7.16. The summed E-state index contributed by atoms with van der Waals surface area (Å²) >= 11 is 0. The number of hydrogen-bond donors (Lipinski definition) is 1. The maximum Gasteiger partial charge on any atom is 0.307 e. The molecule has 1 amide bonds. The standard InChI is InChI=1S/C22H24N2O3/c1-16(2)27-21(25)12-13-23-22(26)19-15-24(14-17-8-4-3-5-9-17)20-11-7-6-10-18(19)20/h3-11,15-16H,12-14H2,1-2H3,(H,23,26). The van der Waals surface area contributed by atoms with E-state index in [1.807, 2.05) is 48.7 Å². The summed E-state index contributed by atoms with van der Waals surface area (Å²) in [4.78, 5) is 24.3. The van der Waals surface area contributed by atoms with E-state index in [9.17, 15) is 9.59 Å². The molecule has 0 fully saturated rings. The highest BCUT2D eigenvalue weighted by molar-refractivity contribution is 6.07. The Morgan fingerprint density at radius 2 is 1.74 bits per heavy atom. The van der Waals surface area contributed by atoms with Gasteiger partial charge in [0.05, 0.1) is 18.1 Å². The number of fused-ring (bicyclic) bond motifs is 1. The first-order valence-electron chi connectivity index (χ1n) is 9.14. The first-order chi connectivity index (χ1) is 13.0. The van der Waals surface area contributed by atoms with Gasteiger partial charge in [-0.1, -0.05) is 48.5 Å². The number of rotatable bonds is 7. The smallest absolute Gasteiger partial charge is 0.307 e. The van der Waals surface area contributed by atoms with Gasteiger partial charge in [-0.2, -0.15) is 0 Å². The van der Waals surface area contributed by atoms with Gasteiger partial charge in [0.25, 0.3) is 5.91 Å². The molecule has 0 saturated heterocycles. The molecule has 5 nitrogen and oxygen atoms in total. The number of carbonyl (C=O) groups excluding carboxylic acids is 2. The Bertz CT molecular complexity index is 929. The highest BCUT2D eigenvalue weighted by atomic mass is 16.5. The van der Waals surface area contributed by atoms with Crippen molar-refractivity contribution in [3.8, 4) is 0 Å². The Balaban J connectivity index is 1.74. The Hall–Kier alpha value is -3.08. The molecular weight excluding hydrogens is 340 g/mol. The average molecular weight is 364 g/mol. The molecule has 0 aliphatic carbocycles. The summed E-state index contributed by atoms with van der Waals surface area (Å²) in [5.74, 6) is -0.493. The van der Waals surface area contributed by atoms with Gasteiger partial charge in [-0.05, 0) is 25.5 Å². The second-order valence-electron chi connectivity index (χ2n) is 6.72. The van der Waals surface area contributed by atoms with Crippen molar-refractivity contribution in [2.75, 3.05) is 6.54 Å². The minimum Gasteiger partial charge on any atom is -0.463 e. The normalized spacial score (nSPS) is 10.9. The average Bonchev–Trinajstić information content (AvgIpc) is 3.01. The van der Waals surface area contributed by atoms with Crippen molar-refractivity contribution in [3.63, 3.8) is 0 Å². The van der Waals surface area contributed by atoms with E-state index in [4.69, 9.17) is 4.74 Å². The second kappa shape index (κ2) is 8.54. The third-order valence-electron chi connectivity index (χ3n) is 4.21. The topological polar surface area (TPSA) is 60.3 Å². The van der Waals surface area contributed by atoms with Crippen LogP contribution < -0.4 is 5.32 Å². The molecule has 140 valence electrons. The van der Waals surface area contributed by atoms with Crippen molar-refractivity contribution in [1.29, 1.82) is 0 Å². The number of amides is 1. The molecular formula is C22H24N2O3. The lowest BCUT2D eigenvalue weighted by molar-refractivity contribution is -0.147. The van der Waals surface area contributed by atoms with Crippen LogP contribution in [0.2, 0.25) is 0 Å². The number of hydrogen-bond acceptors (Lipinski definition) is 3. The van der Waals surface area contributed by atoms with Gasteiger partial charge >= 0.3 is 5.97 Å². The van der Waals surface area contributed by atoms with Crippen LogP contribution >= 0.6 is 0 Å². The zero-order valence-corrected chi connectivity index (χ0v) is 15.6. The number of aromatic nitrogens is 1. The first kappa shape index (κ1) is 18.7. The third kappa shape index (κ3) is 4.76. The van der Waals surface area contributed by atoms with E-state index in [-0.39, 0.29) is 30.9 Å². The van der Waals surface area contributed by atoms with Crippen LogP contribution in [0, 0.1) is 0 Å². The molecule has 5 heteroatoms. The van der Waals surface area contributed by atoms with E-state index in [2.05, 4.69) is 22.0 Å². The third-order valence-corrected chi connectivity index (χ3v) is 4.21. The lowest BCUT2D eigenvalue weighted by Gasteiger charge is -2.08. The fourth-order valence-electron chi connectivity index (χ4n) is 3.03. The first-order valence-corrected chi connectivity index (χ1v) is 9.14. The van der Waals surface area contributed by atoms with Crippen molar-refractivity contribution in [2.24, 2.45) is 0 Å². The summed E-state index contributed by atoms with van der Waals surface area (Å²) in [6, 6.07) is 18.0. The van der Waals surface area contributed by atoms with Crippen molar-refractivity contribution >= 4 is 22.8 Å². The van der Waals surface area contributed by atoms with Crippen molar-refractivity contribution in [3.05, 3.63) is 71.9 Å². The van der Waals surface area contributed by atoms with Crippen molar-refractivity contribution in [2.45, 2.75) is 32.9 Å². The largest absolute Gasteiger partial charge is 0.463 e. The number of ether oxygens (including phenoxy) is 1. The Labute approximate surface area is 158 Å². The highest BCUT2D eigenvalue weighted by Crippen LogP contribution is 2.22. The minimum absolute atomic E-state index is 0.149. The molecule has 0 aliphatic rings. The van der Waals surface area contributed by atoms with Gasteiger partial charge in [0, 0.05) is 30.2 Å². The molecule has 1 aromatic heterocycles. The monoisotopic (exact) mass is 364 g/mol. The lowest BCUT2D eigenvalue weighted by Crippen LogP contribution is -2.27. The molecule has 27 heavy (non-hydrogen) atoms. The van der Waals surface area contributed by atoms with E-state index in [0.29, 0.717) is 12.1 Å². The number of esters is 1. The maximum atomic E-state index is 12.7. The summed E-state index contributed by atoms with van der Waals surface area (Å²) in [6.07, 6.45) is 1.88. The number of benzene rings is 2. The fraction of sp³-hybridized carbons (Fsp3) is 0.273. The Morgan fingerprint density at radius 3 is 2.48 bits per heavy atom. The number of nitrogens with one attached hydrogen (secondary N) is 1. The number of nitrogens with zero attached hydrogens (tertiary/aromatic N) is 1. The van der Waals surface area contributed by atoms with E-state index in [0.717, 1.165) is 10.9 Å². The quantitative estimate of drug-likeness (QED) is 0.650. The lowest BCUT2D eigenvalue weighted by atomic mass is 10.1. The Morgan fingerprint density at radius 1 is 1.04 bits per heavy atom. The summed E-state index contributed by atoms with van der Waals surface area (Å²) in [5, 5.41) is 3.72. The van der Waals surface area contributed by atoms with Crippen LogP contribution in [0.15, 0.2) is 60.8 Å². The van der Waals surface area contributed by atoms with E-state index < -0.39 is 0 Å².